The molecule has 120 valence electrons. The molecule has 3 N–H and O–H groups in total. The lowest BCUT2D eigenvalue weighted by Crippen LogP contribution is -2.46. The molecule has 0 aromatic heterocycles. The highest BCUT2D eigenvalue weighted by Gasteiger charge is 2.28. The molecule has 1 atom stereocenters. The third kappa shape index (κ3) is 3.15. The van der Waals surface area contributed by atoms with Crippen LogP contribution in [-0.4, -0.2) is 25.5 Å². The van der Waals surface area contributed by atoms with Crippen molar-refractivity contribution >= 4 is 34.8 Å². The highest BCUT2D eigenvalue weighted by Crippen LogP contribution is 2.36. The fraction of sp³-hybridized carbons (Fsp3) is 0.235. The number of amides is 1. The number of hydrogen-bond donors (Lipinski definition) is 2. The Morgan fingerprint density at radius 3 is 2.74 bits per heavy atom. The van der Waals surface area contributed by atoms with Crippen LogP contribution in [0.3, 0.4) is 0 Å². The van der Waals surface area contributed by atoms with Crippen LogP contribution in [0.1, 0.15) is 22.0 Å². The van der Waals surface area contributed by atoms with Crippen molar-refractivity contribution in [2.75, 3.05) is 24.5 Å². The Balaban J connectivity index is 2.06. The van der Waals surface area contributed by atoms with Crippen molar-refractivity contribution in [1.82, 2.24) is 5.32 Å². The molecule has 2 aromatic rings. The molecule has 1 aliphatic heterocycles. The van der Waals surface area contributed by atoms with Crippen molar-refractivity contribution in [3.05, 3.63) is 63.6 Å². The molecule has 1 aliphatic rings. The van der Waals surface area contributed by atoms with Crippen molar-refractivity contribution in [1.29, 1.82) is 0 Å². The van der Waals surface area contributed by atoms with Gasteiger partial charge in [-0.1, -0.05) is 47.5 Å². The van der Waals surface area contributed by atoms with Gasteiger partial charge in [0.2, 0.25) is 0 Å². The Labute approximate surface area is 145 Å². The van der Waals surface area contributed by atoms with Gasteiger partial charge in [0.25, 0.3) is 5.91 Å². The second-order valence-corrected chi connectivity index (χ2v) is 6.22. The lowest BCUT2D eigenvalue weighted by molar-refractivity contribution is 0.100. The van der Waals surface area contributed by atoms with Gasteiger partial charge in [-0.25, -0.2) is 0 Å². The number of anilines is 1. The summed E-state index contributed by atoms with van der Waals surface area (Å²) in [6.07, 6.45) is 0. The van der Waals surface area contributed by atoms with Crippen LogP contribution in [0.2, 0.25) is 10.0 Å². The first kappa shape index (κ1) is 16.1. The maximum atomic E-state index is 11.8. The Bertz CT molecular complexity index is 736. The van der Waals surface area contributed by atoms with Crippen molar-refractivity contribution in [3.63, 3.8) is 0 Å². The average molecular weight is 350 g/mol. The van der Waals surface area contributed by atoms with Crippen molar-refractivity contribution in [2.24, 2.45) is 5.73 Å². The molecule has 2 aromatic carbocycles. The molecule has 23 heavy (non-hydrogen) atoms. The highest BCUT2D eigenvalue weighted by atomic mass is 35.5. The second-order valence-electron chi connectivity index (χ2n) is 5.44. The summed E-state index contributed by atoms with van der Waals surface area (Å²) in [7, 11) is 0. The average Bonchev–Trinajstić information content (AvgIpc) is 2.57. The minimum atomic E-state index is -0.435. The molecule has 1 unspecified atom stereocenters. The zero-order valence-electron chi connectivity index (χ0n) is 12.4. The van der Waals surface area contributed by atoms with Gasteiger partial charge in [-0.05, 0) is 23.8 Å². The number of halogens is 2. The summed E-state index contributed by atoms with van der Waals surface area (Å²) in [5.74, 6) is -0.435. The number of benzene rings is 2. The van der Waals surface area contributed by atoms with E-state index in [1.54, 1.807) is 12.1 Å². The van der Waals surface area contributed by atoms with E-state index in [0.29, 0.717) is 22.2 Å². The molecule has 3 rings (SSSR count). The minimum Gasteiger partial charge on any atom is -0.366 e. The standard InChI is InChI=1S/C17H17Cl2N3O/c18-13-6-3-5-11(16(13)19)15-10-21-8-9-22(15)14-7-2-1-4-12(14)17(20)23/h1-7,15,21H,8-10H2,(H2,20,23). The van der Waals surface area contributed by atoms with Crippen LogP contribution in [-0.2, 0) is 0 Å². The van der Waals surface area contributed by atoms with E-state index in [1.165, 1.54) is 0 Å². The van der Waals surface area contributed by atoms with Gasteiger partial charge in [-0.2, -0.15) is 0 Å². The molecule has 1 fully saturated rings. The SMILES string of the molecule is NC(=O)c1ccccc1N1CCNCC1c1cccc(Cl)c1Cl. The highest BCUT2D eigenvalue weighted by molar-refractivity contribution is 6.42. The van der Waals surface area contributed by atoms with Crippen LogP contribution >= 0.6 is 23.2 Å². The first-order valence-electron chi connectivity index (χ1n) is 7.39. The van der Waals surface area contributed by atoms with E-state index < -0.39 is 5.91 Å². The summed E-state index contributed by atoms with van der Waals surface area (Å²) >= 11 is 12.6. The number of carbonyl (C=O) groups excluding carboxylic acids is 1. The Kier molecular flexibility index (Phi) is 4.76. The largest absolute Gasteiger partial charge is 0.366 e. The van der Waals surface area contributed by atoms with Crippen LogP contribution in [0, 0.1) is 0 Å². The van der Waals surface area contributed by atoms with Crippen LogP contribution in [0.4, 0.5) is 5.69 Å². The van der Waals surface area contributed by atoms with Crippen LogP contribution in [0.5, 0.6) is 0 Å². The van der Waals surface area contributed by atoms with E-state index in [1.807, 2.05) is 30.3 Å². The van der Waals surface area contributed by atoms with Gasteiger partial charge in [0.1, 0.15) is 0 Å². The molecule has 0 radical (unpaired) electrons. The zero-order valence-corrected chi connectivity index (χ0v) is 13.9. The molecular formula is C17H17Cl2N3O. The molecule has 4 nitrogen and oxygen atoms in total. The first-order chi connectivity index (χ1) is 11.1. The number of hydrogen-bond acceptors (Lipinski definition) is 3. The molecule has 0 bridgehead atoms. The molecule has 0 spiro atoms. The molecular weight excluding hydrogens is 333 g/mol. The summed E-state index contributed by atoms with van der Waals surface area (Å²) in [5, 5.41) is 4.44. The van der Waals surface area contributed by atoms with Crippen molar-refractivity contribution in [2.45, 2.75) is 6.04 Å². The van der Waals surface area contributed by atoms with E-state index in [2.05, 4.69) is 10.2 Å². The summed E-state index contributed by atoms with van der Waals surface area (Å²) in [6, 6.07) is 13.0. The fourth-order valence-electron chi connectivity index (χ4n) is 2.98. The van der Waals surface area contributed by atoms with Gasteiger partial charge >= 0.3 is 0 Å². The van der Waals surface area contributed by atoms with E-state index in [-0.39, 0.29) is 6.04 Å². The summed E-state index contributed by atoms with van der Waals surface area (Å²) in [5.41, 5.74) is 7.80. The maximum absolute atomic E-state index is 11.8. The zero-order chi connectivity index (χ0) is 16.4. The van der Waals surface area contributed by atoms with E-state index in [9.17, 15) is 4.79 Å². The molecule has 1 heterocycles. The first-order valence-corrected chi connectivity index (χ1v) is 8.15. The number of rotatable bonds is 3. The molecule has 0 saturated carbocycles. The number of nitrogens with one attached hydrogen (secondary N) is 1. The van der Waals surface area contributed by atoms with Crippen molar-refractivity contribution in [3.8, 4) is 0 Å². The summed E-state index contributed by atoms with van der Waals surface area (Å²) in [4.78, 5) is 13.9. The monoisotopic (exact) mass is 349 g/mol. The van der Waals surface area contributed by atoms with Gasteiger partial charge in [-0.15, -0.1) is 0 Å². The van der Waals surface area contributed by atoms with E-state index >= 15 is 0 Å². The predicted octanol–water partition coefficient (Wildman–Crippen LogP) is 3.24. The van der Waals surface area contributed by atoms with Gasteiger partial charge < -0.3 is 16.0 Å². The lowest BCUT2D eigenvalue weighted by Gasteiger charge is -2.39. The van der Waals surface area contributed by atoms with Gasteiger partial charge in [0, 0.05) is 19.6 Å². The third-order valence-corrected chi connectivity index (χ3v) is 4.90. The quantitative estimate of drug-likeness (QED) is 0.894. The van der Waals surface area contributed by atoms with Gasteiger partial charge in [-0.3, -0.25) is 4.79 Å². The molecule has 6 heteroatoms. The smallest absolute Gasteiger partial charge is 0.250 e. The maximum Gasteiger partial charge on any atom is 0.250 e. The second kappa shape index (κ2) is 6.79. The lowest BCUT2D eigenvalue weighted by atomic mass is 10.0. The number of nitrogens with zero attached hydrogens (tertiary/aromatic N) is 1. The third-order valence-electron chi connectivity index (χ3n) is 4.06. The number of carbonyl (C=O) groups is 1. The van der Waals surface area contributed by atoms with E-state index in [0.717, 1.165) is 24.3 Å². The predicted molar refractivity (Wildman–Crippen MR) is 94.4 cm³/mol. The van der Waals surface area contributed by atoms with Gasteiger partial charge in [0.15, 0.2) is 0 Å². The summed E-state index contributed by atoms with van der Waals surface area (Å²) < 4.78 is 0. The molecule has 1 saturated heterocycles. The van der Waals surface area contributed by atoms with Gasteiger partial charge in [0.05, 0.1) is 27.3 Å². The van der Waals surface area contributed by atoms with Crippen LogP contribution < -0.4 is 16.0 Å². The normalized spacial score (nSPS) is 18.0. The fourth-order valence-corrected chi connectivity index (χ4v) is 3.41. The molecule has 1 amide bonds. The van der Waals surface area contributed by atoms with Crippen molar-refractivity contribution < 1.29 is 4.79 Å². The number of para-hydroxylation sites is 1. The Hall–Kier alpha value is -1.75. The van der Waals surface area contributed by atoms with E-state index in [4.69, 9.17) is 28.9 Å². The van der Waals surface area contributed by atoms with Crippen LogP contribution in [0.15, 0.2) is 42.5 Å². The number of piperazine rings is 1. The Morgan fingerprint density at radius 2 is 1.96 bits per heavy atom. The minimum absolute atomic E-state index is 0.0181. The molecule has 0 aliphatic carbocycles. The Morgan fingerprint density at radius 1 is 1.17 bits per heavy atom. The summed E-state index contributed by atoms with van der Waals surface area (Å²) in [6.45, 7) is 2.28. The topological polar surface area (TPSA) is 58.4 Å². The van der Waals surface area contributed by atoms with Crippen LogP contribution in [0.25, 0.3) is 0 Å². The number of primary amides is 1. The number of nitrogens with two attached hydrogens (primary N) is 1.